The maximum atomic E-state index is 5.81. The van der Waals surface area contributed by atoms with E-state index in [0.717, 1.165) is 28.4 Å². The van der Waals surface area contributed by atoms with E-state index in [1.165, 1.54) is 0 Å². The Morgan fingerprint density at radius 3 is 2.32 bits per heavy atom. The van der Waals surface area contributed by atoms with Crippen molar-refractivity contribution in [3.8, 4) is 11.5 Å². The summed E-state index contributed by atoms with van der Waals surface area (Å²) in [4.78, 5) is 4.36. The van der Waals surface area contributed by atoms with Gasteiger partial charge < -0.3 is 13.9 Å². The highest BCUT2D eigenvalue weighted by Gasteiger charge is 1.98. The second-order valence-electron chi connectivity index (χ2n) is 5.48. The molecule has 0 unspecified atom stereocenters. The van der Waals surface area contributed by atoms with Crippen molar-refractivity contribution >= 4 is 6.21 Å². The molecule has 0 N–H and O–H groups in total. The topological polar surface area (TPSA) is 44.0 Å². The second kappa shape index (κ2) is 8.73. The summed E-state index contributed by atoms with van der Waals surface area (Å²) in [6.07, 6.45) is 3.49. The van der Waals surface area contributed by atoms with Crippen LogP contribution in [0.4, 0.5) is 0 Å². The van der Waals surface area contributed by atoms with Crippen molar-refractivity contribution in [2.24, 2.45) is 4.99 Å². The summed E-state index contributed by atoms with van der Waals surface area (Å²) < 4.78 is 16.5. The lowest BCUT2D eigenvalue weighted by Crippen LogP contribution is -1.96. The fourth-order valence-corrected chi connectivity index (χ4v) is 2.31. The van der Waals surface area contributed by atoms with Crippen LogP contribution in [0, 0.1) is 0 Å². The number of hydrogen-bond donors (Lipinski definition) is 0. The highest BCUT2D eigenvalue weighted by Crippen LogP contribution is 2.16. The van der Waals surface area contributed by atoms with Gasteiger partial charge in [0.1, 0.15) is 23.9 Å². The number of hydrogen-bond acceptors (Lipinski definition) is 4. The van der Waals surface area contributed by atoms with Crippen LogP contribution in [0.3, 0.4) is 0 Å². The van der Waals surface area contributed by atoms with Gasteiger partial charge in [-0.15, -0.1) is 0 Å². The molecule has 0 saturated heterocycles. The van der Waals surface area contributed by atoms with Crippen LogP contribution in [0.5, 0.6) is 11.5 Å². The van der Waals surface area contributed by atoms with Crippen molar-refractivity contribution in [2.75, 3.05) is 6.61 Å². The second-order valence-corrected chi connectivity index (χ2v) is 5.48. The van der Waals surface area contributed by atoms with Crippen molar-refractivity contribution in [3.63, 3.8) is 0 Å². The third-order valence-electron chi connectivity index (χ3n) is 3.59. The van der Waals surface area contributed by atoms with Crippen molar-refractivity contribution in [2.45, 2.75) is 20.1 Å². The van der Waals surface area contributed by atoms with E-state index in [9.17, 15) is 0 Å². The zero-order valence-corrected chi connectivity index (χ0v) is 14.2. The van der Waals surface area contributed by atoms with Gasteiger partial charge in [-0.25, -0.2) is 0 Å². The molecule has 1 aromatic heterocycles. The Bertz CT molecular complexity index is 775. The Morgan fingerprint density at radius 1 is 0.920 bits per heavy atom. The first-order valence-corrected chi connectivity index (χ1v) is 8.30. The molecule has 0 amide bonds. The molecule has 1 heterocycles. The highest BCUT2D eigenvalue weighted by molar-refractivity contribution is 5.79. The average molecular weight is 335 g/mol. The van der Waals surface area contributed by atoms with Crippen LogP contribution in [0.2, 0.25) is 0 Å². The molecular weight excluding hydrogens is 314 g/mol. The van der Waals surface area contributed by atoms with Gasteiger partial charge >= 0.3 is 0 Å². The molecule has 0 spiro atoms. The van der Waals surface area contributed by atoms with E-state index < -0.39 is 0 Å². The summed E-state index contributed by atoms with van der Waals surface area (Å²) in [5.41, 5.74) is 2.13. The van der Waals surface area contributed by atoms with Crippen molar-refractivity contribution < 1.29 is 13.9 Å². The quantitative estimate of drug-likeness (QED) is 0.551. The number of rotatable bonds is 8. The number of furan rings is 1. The van der Waals surface area contributed by atoms with Gasteiger partial charge in [0, 0.05) is 6.21 Å². The van der Waals surface area contributed by atoms with Gasteiger partial charge in [-0.2, -0.15) is 0 Å². The van der Waals surface area contributed by atoms with Crippen molar-refractivity contribution in [3.05, 3.63) is 83.8 Å². The summed E-state index contributed by atoms with van der Waals surface area (Å²) in [6, 6.07) is 19.6. The van der Waals surface area contributed by atoms with Crippen LogP contribution >= 0.6 is 0 Å². The molecule has 25 heavy (non-hydrogen) atoms. The van der Waals surface area contributed by atoms with E-state index in [1.807, 2.05) is 73.8 Å². The molecule has 0 aliphatic heterocycles. The summed E-state index contributed by atoms with van der Waals surface area (Å²) >= 11 is 0. The molecular formula is C21H21NO3. The molecule has 0 atom stereocenters. The van der Waals surface area contributed by atoms with Crippen molar-refractivity contribution in [1.82, 2.24) is 0 Å². The smallest absolute Gasteiger partial charge is 0.125 e. The van der Waals surface area contributed by atoms with Gasteiger partial charge in [-0.1, -0.05) is 12.1 Å². The molecule has 3 rings (SSSR count). The van der Waals surface area contributed by atoms with E-state index in [4.69, 9.17) is 13.9 Å². The zero-order valence-electron chi connectivity index (χ0n) is 14.2. The summed E-state index contributed by atoms with van der Waals surface area (Å²) in [7, 11) is 0. The van der Waals surface area contributed by atoms with E-state index >= 15 is 0 Å². The summed E-state index contributed by atoms with van der Waals surface area (Å²) in [5, 5.41) is 0. The minimum atomic E-state index is 0.526. The Labute approximate surface area is 147 Å². The fourth-order valence-electron chi connectivity index (χ4n) is 2.31. The molecule has 2 aromatic carbocycles. The lowest BCUT2D eigenvalue weighted by atomic mass is 10.2. The van der Waals surface area contributed by atoms with E-state index in [-0.39, 0.29) is 0 Å². The van der Waals surface area contributed by atoms with Crippen LogP contribution < -0.4 is 9.47 Å². The molecule has 0 saturated carbocycles. The molecule has 0 aliphatic rings. The predicted octanol–water partition coefficient (Wildman–Crippen LogP) is 4.88. The molecule has 0 radical (unpaired) electrons. The third kappa shape index (κ3) is 5.24. The molecule has 4 nitrogen and oxygen atoms in total. The molecule has 3 aromatic rings. The van der Waals surface area contributed by atoms with E-state index in [1.54, 1.807) is 6.26 Å². The number of benzene rings is 2. The average Bonchev–Trinajstić information content (AvgIpc) is 3.16. The van der Waals surface area contributed by atoms with Crippen LogP contribution in [-0.2, 0) is 13.2 Å². The fraction of sp³-hybridized carbons (Fsp3) is 0.190. The molecule has 4 heteroatoms. The Balaban J connectivity index is 1.49. The highest BCUT2D eigenvalue weighted by atomic mass is 16.5. The number of ether oxygens (including phenoxy) is 2. The number of nitrogens with zero attached hydrogens (tertiary/aromatic N) is 1. The Morgan fingerprint density at radius 2 is 1.64 bits per heavy atom. The minimum Gasteiger partial charge on any atom is -0.494 e. The standard InChI is InChI=1S/C21H21NO3/c1-2-23-19-11-7-18(8-12-19)16-25-20-9-5-17(6-10-20)14-22-15-21-4-3-13-24-21/h3-14H,2,15-16H2,1H3. The molecule has 0 aliphatic carbocycles. The summed E-state index contributed by atoms with van der Waals surface area (Å²) in [6.45, 7) is 3.72. The van der Waals surface area contributed by atoms with Crippen LogP contribution in [0.15, 0.2) is 76.3 Å². The monoisotopic (exact) mass is 335 g/mol. The van der Waals surface area contributed by atoms with Crippen LogP contribution in [0.1, 0.15) is 23.8 Å². The third-order valence-corrected chi connectivity index (χ3v) is 3.59. The normalized spacial score (nSPS) is 10.9. The van der Waals surface area contributed by atoms with Gasteiger partial charge in [0.2, 0.25) is 0 Å². The largest absolute Gasteiger partial charge is 0.494 e. The maximum Gasteiger partial charge on any atom is 0.125 e. The van der Waals surface area contributed by atoms with Crippen LogP contribution in [0.25, 0.3) is 0 Å². The van der Waals surface area contributed by atoms with Gasteiger partial charge in [0.15, 0.2) is 0 Å². The molecule has 128 valence electrons. The maximum absolute atomic E-state index is 5.81. The predicted molar refractivity (Wildman–Crippen MR) is 98.4 cm³/mol. The minimum absolute atomic E-state index is 0.526. The van der Waals surface area contributed by atoms with Crippen LogP contribution in [-0.4, -0.2) is 12.8 Å². The SMILES string of the molecule is CCOc1ccc(COc2ccc(C=NCc3ccco3)cc2)cc1. The Kier molecular flexibility index (Phi) is 5.88. The van der Waals surface area contributed by atoms with Gasteiger partial charge in [0.25, 0.3) is 0 Å². The first kappa shape index (κ1) is 16.8. The number of aliphatic imine (C=N–C) groups is 1. The van der Waals surface area contributed by atoms with Gasteiger partial charge in [-0.05, 0) is 66.6 Å². The Hall–Kier alpha value is -3.01. The first-order chi connectivity index (χ1) is 12.3. The van der Waals surface area contributed by atoms with Gasteiger partial charge in [-0.3, -0.25) is 4.99 Å². The summed E-state index contributed by atoms with van der Waals surface area (Å²) in [5.74, 6) is 2.56. The zero-order chi connectivity index (χ0) is 17.3. The first-order valence-electron chi connectivity index (χ1n) is 8.30. The molecule has 0 bridgehead atoms. The van der Waals surface area contributed by atoms with E-state index in [0.29, 0.717) is 19.8 Å². The van der Waals surface area contributed by atoms with Gasteiger partial charge in [0.05, 0.1) is 19.4 Å². The van der Waals surface area contributed by atoms with E-state index in [2.05, 4.69) is 4.99 Å². The lowest BCUT2D eigenvalue weighted by Gasteiger charge is -2.08. The lowest BCUT2D eigenvalue weighted by molar-refractivity contribution is 0.305. The van der Waals surface area contributed by atoms with Crippen molar-refractivity contribution in [1.29, 1.82) is 0 Å². The molecule has 0 fully saturated rings.